The predicted molar refractivity (Wildman–Crippen MR) is 121 cm³/mol. The molecule has 0 radical (unpaired) electrons. The second kappa shape index (κ2) is 11.5. The number of para-hydroxylation sites is 1. The first-order valence-electron chi connectivity index (χ1n) is 11.3. The highest BCUT2D eigenvalue weighted by molar-refractivity contribution is 5.70. The molecule has 6 nitrogen and oxygen atoms in total. The lowest BCUT2D eigenvalue weighted by Gasteiger charge is -2.29. The quantitative estimate of drug-likeness (QED) is 0.514. The summed E-state index contributed by atoms with van der Waals surface area (Å²) in [5.41, 5.74) is 0.305. The zero-order valence-corrected chi connectivity index (χ0v) is 19.2. The van der Waals surface area contributed by atoms with E-state index >= 15 is 0 Å². The molecule has 1 fully saturated rings. The van der Waals surface area contributed by atoms with Crippen molar-refractivity contribution in [1.29, 1.82) is 0 Å². The first kappa shape index (κ1) is 24.2. The van der Waals surface area contributed by atoms with Gasteiger partial charge in [0.15, 0.2) is 6.29 Å². The Kier molecular flexibility index (Phi) is 8.67. The van der Waals surface area contributed by atoms with Gasteiger partial charge in [-0.15, -0.1) is 0 Å². The smallest absolute Gasteiger partial charge is 0.308 e. The molecule has 0 spiro atoms. The van der Waals surface area contributed by atoms with Crippen molar-refractivity contribution in [3.05, 3.63) is 60.2 Å². The van der Waals surface area contributed by atoms with Crippen LogP contribution in [0, 0.1) is 0 Å². The molecule has 0 saturated carbocycles. The number of aliphatic hydroxyl groups is 1. The van der Waals surface area contributed by atoms with E-state index in [1.807, 2.05) is 75.4 Å². The Labute approximate surface area is 190 Å². The molecule has 0 aliphatic carbocycles. The summed E-state index contributed by atoms with van der Waals surface area (Å²) in [5, 5.41) is 10.6. The van der Waals surface area contributed by atoms with Crippen molar-refractivity contribution >= 4 is 5.97 Å². The van der Waals surface area contributed by atoms with Crippen molar-refractivity contribution in [2.24, 2.45) is 0 Å². The van der Waals surface area contributed by atoms with Crippen LogP contribution >= 0.6 is 0 Å². The summed E-state index contributed by atoms with van der Waals surface area (Å²) in [6.07, 6.45) is 1.44. The van der Waals surface area contributed by atoms with Gasteiger partial charge in [0.2, 0.25) is 0 Å². The summed E-state index contributed by atoms with van der Waals surface area (Å²) >= 11 is 0. The van der Waals surface area contributed by atoms with Gasteiger partial charge in [-0.3, -0.25) is 4.79 Å². The van der Waals surface area contributed by atoms with Crippen LogP contribution in [-0.2, 0) is 19.0 Å². The summed E-state index contributed by atoms with van der Waals surface area (Å²) in [6, 6.07) is 17.2. The van der Waals surface area contributed by atoms with E-state index < -0.39 is 23.8 Å². The van der Waals surface area contributed by atoms with E-state index in [0.717, 1.165) is 30.6 Å². The van der Waals surface area contributed by atoms with E-state index in [1.54, 1.807) is 0 Å². The fourth-order valence-corrected chi connectivity index (χ4v) is 3.55. The highest BCUT2D eigenvalue weighted by atomic mass is 16.7. The maximum absolute atomic E-state index is 12.1. The number of carbonyl (C=O) groups excluding carboxylic acids is 1. The van der Waals surface area contributed by atoms with Crippen LogP contribution < -0.4 is 4.74 Å². The van der Waals surface area contributed by atoms with E-state index in [9.17, 15) is 9.90 Å². The van der Waals surface area contributed by atoms with Crippen molar-refractivity contribution in [2.45, 2.75) is 77.0 Å². The molecule has 174 valence electrons. The van der Waals surface area contributed by atoms with Gasteiger partial charge in [-0.2, -0.15) is 0 Å². The summed E-state index contributed by atoms with van der Waals surface area (Å²) in [7, 11) is 0. The number of carbonyl (C=O) groups is 1. The number of hydrogen-bond donors (Lipinski definition) is 1. The topological polar surface area (TPSA) is 74.2 Å². The van der Waals surface area contributed by atoms with E-state index in [2.05, 4.69) is 0 Å². The van der Waals surface area contributed by atoms with Gasteiger partial charge in [0.25, 0.3) is 0 Å². The molecule has 0 amide bonds. The lowest BCUT2D eigenvalue weighted by molar-refractivity contribution is -0.195. The van der Waals surface area contributed by atoms with Crippen molar-refractivity contribution < 1.29 is 28.8 Å². The fourth-order valence-electron chi connectivity index (χ4n) is 3.55. The minimum Gasteiger partial charge on any atom is -0.460 e. The second-order valence-corrected chi connectivity index (χ2v) is 9.09. The molecule has 1 N–H and O–H groups in total. The standard InChI is InChI=1S/C26H34O6/c1-26(2,3)32-24(28)18-20(27)17-23(31-25-11-7-8-16-29-25)19-12-14-22(15-13-19)30-21-9-5-4-6-10-21/h4-6,9-10,12-15,20,23,25,27H,7-8,11,16-18H2,1-3H3/t20-,23+,25?/m0/s1. The number of hydrogen-bond acceptors (Lipinski definition) is 6. The first-order chi connectivity index (χ1) is 15.3. The maximum Gasteiger partial charge on any atom is 0.308 e. The molecule has 6 heteroatoms. The Morgan fingerprint density at radius 2 is 1.75 bits per heavy atom. The van der Waals surface area contributed by atoms with E-state index in [0.29, 0.717) is 12.4 Å². The molecule has 3 rings (SSSR count). The zero-order chi connectivity index (χ0) is 23.0. The van der Waals surface area contributed by atoms with Crippen LogP contribution in [0.25, 0.3) is 0 Å². The molecule has 2 aromatic rings. The minimum atomic E-state index is -0.890. The molecule has 0 aromatic heterocycles. The monoisotopic (exact) mass is 442 g/mol. The number of aliphatic hydroxyl groups excluding tert-OH is 1. The summed E-state index contributed by atoms with van der Waals surface area (Å²) in [5.74, 6) is 1.04. The van der Waals surface area contributed by atoms with Crippen molar-refractivity contribution in [2.75, 3.05) is 6.61 Å². The maximum atomic E-state index is 12.1. The Hall–Kier alpha value is -2.41. The SMILES string of the molecule is CC(C)(C)OC(=O)C[C@@H](O)C[C@@H](OC1CCCCO1)c1ccc(Oc2ccccc2)cc1. The normalized spacial score (nSPS) is 18.6. The van der Waals surface area contributed by atoms with Crippen LogP contribution in [0.15, 0.2) is 54.6 Å². The first-order valence-corrected chi connectivity index (χ1v) is 11.3. The van der Waals surface area contributed by atoms with Gasteiger partial charge in [0.1, 0.15) is 17.1 Å². The largest absolute Gasteiger partial charge is 0.460 e. The van der Waals surface area contributed by atoms with Gasteiger partial charge in [0.05, 0.1) is 18.6 Å². The van der Waals surface area contributed by atoms with Crippen LogP contribution in [-0.4, -0.2) is 35.7 Å². The molecule has 32 heavy (non-hydrogen) atoms. The molecule has 0 bridgehead atoms. The van der Waals surface area contributed by atoms with Crippen LogP contribution in [0.2, 0.25) is 0 Å². The molecule has 1 saturated heterocycles. The third-order valence-electron chi connectivity index (χ3n) is 4.99. The van der Waals surface area contributed by atoms with Crippen LogP contribution in [0.1, 0.15) is 64.5 Å². The van der Waals surface area contributed by atoms with Crippen LogP contribution in [0.4, 0.5) is 0 Å². The Morgan fingerprint density at radius 3 is 2.38 bits per heavy atom. The highest BCUT2D eigenvalue weighted by Gasteiger charge is 2.26. The summed E-state index contributed by atoms with van der Waals surface area (Å²) < 4.78 is 23.2. The van der Waals surface area contributed by atoms with Gasteiger partial charge in [-0.25, -0.2) is 0 Å². The van der Waals surface area contributed by atoms with E-state index in [-0.39, 0.29) is 19.1 Å². The van der Waals surface area contributed by atoms with Gasteiger partial charge >= 0.3 is 5.97 Å². The number of ether oxygens (including phenoxy) is 4. The van der Waals surface area contributed by atoms with Gasteiger partial charge in [-0.05, 0) is 69.9 Å². The highest BCUT2D eigenvalue weighted by Crippen LogP contribution is 2.31. The Morgan fingerprint density at radius 1 is 1.06 bits per heavy atom. The van der Waals surface area contributed by atoms with Crippen molar-refractivity contribution in [1.82, 2.24) is 0 Å². The van der Waals surface area contributed by atoms with Crippen LogP contribution in [0.3, 0.4) is 0 Å². The minimum absolute atomic E-state index is 0.0855. The molecule has 2 aromatic carbocycles. The summed E-state index contributed by atoms with van der Waals surface area (Å²) in [6.45, 7) is 6.09. The molecular weight excluding hydrogens is 408 g/mol. The van der Waals surface area contributed by atoms with Gasteiger partial charge in [0, 0.05) is 13.0 Å². The van der Waals surface area contributed by atoms with Crippen molar-refractivity contribution in [3.8, 4) is 11.5 Å². The lowest BCUT2D eigenvalue weighted by Crippen LogP contribution is -2.29. The van der Waals surface area contributed by atoms with Gasteiger partial charge in [-0.1, -0.05) is 30.3 Å². The molecule has 1 aliphatic heterocycles. The molecule has 1 heterocycles. The number of esters is 1. The van der Waals surface area contributed by atoms with Gasteiger partial charge < -0.3 is 24.1 Å². The third kappa shape index (κ3) is 8.26. The molecule has 3 atom stereocenters. The lowest BCUT2D eigenvalue weighted by atomic mass is 10.0. The Bertz CT molecular complexity index is 822. The number of benzene rings is 2. The third-order valence-corrected chi connectivity index (χ3v) is 4.99. The Balaban J connectivity index is 1.66. The molecule has 1 unspecified atom stereocenters. The van der Waals surface area contributed by atoms with Crippen LogP contribution in [0.5, 0.6) is 11.5 Å². The van der Waals surface area contributed by atoms with E-state index in [1.165, 1.54) is 0 Å². The number of rotatable bonds is 9. The summed E-state index contributed by atoms with van der Waals surface area (Å²) in [4.78, 5) is 12.1. The predicted octanol–water partition coefficient (Wildman–Crippen LogP) is 5.55. The average Bonchev–Trinajstić information content (AvgIpc) is 2.74. The second-order valence-electron chi connectivity index (χ2n) is 9.09. The molecule has 1 aliphatic rings. The zero-order valence-electron chi connectivity index (χ0n) is 19.2. The average molecular weight is 443 g/mol. The van der Waals surface area contributed by atoms with Crippen molar-refractivity contribution in [3.63, 3.8) is 0 Å². The van der Waals surface area contributed by atoms with E-state index in [4.69, 9.17) is 18.9 Å². The molecular formula is C26H34O6. The fraction of sp³-hybridized carbons (Fsp3) is 0.500.